The van der Waals surface area contributed by atoms with Crippen molar-refractivity contribution in [2.24, 2.45) is 10.9 Å². The second-order valence-corrected chi connectivity index (χ2v) is 6.73. The van der Waals surface area contributed by atoms with E-state index in [0.717, 1.165) is 24.8 Å². The molecule has 1 amide bonds. The number of carbonyl (C=O) groups is 1. The van der Waals surface area contributed by atoms with Gasteiger partial charge >= 0.3 is 0 Å². The van der Waals surface area contributed by atoms with Gasteiger partial charge in [0.2, 0.25) is 5.91 Å². The van der Waals surface area contributed by atoms with Crippen LogP contribution in [0.5, 0.6) is 0 Å². The number of hydrogen-bond acceptors (Lipinski definition) is 2. The third-order valence-electron chi connectivity index (χ3n) is 4.56. The predicted octanol–water partition coefficient (Wildman–Crippen LogP) is 2.82. The molecule has 5 heteroatoms. The van der Waals surface area contributed by atoms with Crippen LogP contribution in [0.2, 0.25) is 0 Å². The van der Waals surface area contributed by atoms with Gasteiger partial charge in [-0.1, -0.05) is 39.0 Å². The Morgan fingerprint density at radius 1 is 1.17 bits per heavy atom. The fourth-order valence-electron chi connectivity index (χ4n) is 3.11. The molecule has 0 aromatic carbocycles. The number of nitrogens with one attached hydrogen (secondary N) is 3. The van der Waals surface area contributed by atoms with Crippen molar-refractivity contribution >= 4 is 11.9 Å². The molecule has 1 saturated carbocycles. The topological polar surface area (TPSA) is 65.5 Å². The average Bonchev–Trinajstić information content (AvgIpc) is 2.58. The zero-order valence-corrected chi connectivity index (χ0v) is 15.3. The number of hydrogen-bond donors (Lipinski definition) is 3. The van der Waals surface area contributed by atoms with Crippen molar-refractivity contribution in [2.75, 3.05) is 20.1 Å². The molecule has 1 aliphatic carbocycles. The first kappa shape index (κ1) is 19.8. The number of nitrogens with zero attached hydrogens (tertiary/aromatic N) is 1. The minimum atomic E-state index is 0.0974. The van der Waals surface area contributed by atoms with Gasteiger partial charge in [0.15, 0.2) is 5.96 Å². The van der Waals surface area contributed by atoms with Crippen LogP contribution in [0.4, 0.5) is 0 Å². The molecule has 5 nitrogen and oxygen atoms in total. The van der Waals surface area contributed by atoms with Gasteiger partial charge in [0, 0.05) is 32.6 Å². The highest BCUT2D eigenvalue weighted by molar-refractivity contribution is 5.81. The average molecular weight is 325 g/mol. The first-order chi connectivity index (χ1) is 11.2. The van der Waals surface area contributed by atoms with Crippen molar-refractivity contribution in [2.45, 2.75) is 77.7 Å². The number of guanidine groups is 1. The van der Waals surface area contributed by atoms with Crippen LogP contribution in [-0.4, -0.2) is 38.0 Å². The number of carbonyl (C=O) groups excluding carboxylic acids is 1. The van der Waals surface area contributed by atoms with E-state index in [1.807, 2.05) is 0 Å². The Kier molecular flexibility index (Phi) is 10.5. The van der Waals surface area contributed by atoms with Gasteiger partial charge in [-0.3, -0.25) is 9.79 Å². The lowest BCUT2D eigenvalue weighted by atomic mass is 9.85. The van der Waals surface area contributed by atoms with Crippen molar-refractivity contribution in [3.05, 3.63) is 0 Å². The fourth-order valence-corrected chi connectivity index (χ4v) is 3.11. The summed E-state index contributed by atoms with van der Waals surface area (Å²) in [5.41, 5.74) is 0. The van der Waals surface area contributed by atoms with E-state index >= 15 is 0 Å². The molecule has 0 aromatic heterocycles. The lowest BCUT2D eigenvalue weighted by Gasteiger charge is -2.24. The van der Waals surface area contributed by atoms with E-state index in [9.17, 15) is 4.79 Å². The minimum absolute atomic E-state index is 0.0974. The smallest absolute Gasteiger partial charge is 0.221 e. The summed E-state index contributed by atoms with van der Waals surface area (Å²) in [6.07, 6.45) is 11.0. The Morgan fingerprint density at radius 2 is 1.91 bits per heavy atom. The van der Waals surface area contributed by atoms with Crippen LogP contribution in [0, 0.1) is 5.92 Å². The summed E-state index contributed by atoms with van der Waals surface area (Å²) in [6, 6.07) is 0.414. The first-order valence-corrected chi connectivity index (χ1v) is 9.39. The molecule has 1 unspecified atom stereocenters. The van der Waals surface area contributed by atoms with Crippen molar-refractivity contribution in [1.29, 1.82) is 0 Å². The molecule has 0 heterocycles. The molecule has 134 valence electrons. The Morgan fingerprint density at radius 3 is 2.57 bits per heavy atom. The molecular weight excluding hydrogens is 288 g/mol. The molecule has 1 rings (SSSR count). The van der Waals surface area contributed by atoms with Gasteiger partial charge in [0.25, 0.3) is 0 Å². The molecule has 3 N–H and O–H groups in total. The maximum atomic E-state index is 11.6. The van der Waals surface area contributed by atoms with Crippen LogP contribution in [0.15, 0.2) is 4.99 Å². The van der Waals surface area contributed by atoms with Gasteiger partial charge in [-0.2, -0.15) is 0 Å². The van der Waals surface area contributed by atoms with Gasteiger partial charge in [0.05, 0.1) is 0 Å². The highest BCUT2D eigenvalue weighted by atomic mass is 16.1. The van der Waals surface area contributed by atoms with E-state index in [0.29, 0.717) is 19.0 Å². The molecular formula is C18H36N4O. The van der Waals surface area contributed by atoms with Gasteiger partial charge in [-0.05, 0) is 32.1 Å². The van der Waals surface area contributed by atoms with Crippen LogP contribution < -0.4 is 16.0 Å². The molecule has 0 spiro atoms. The Labute approximate surface area is 142 Å². The highest BCUT2D eigenvalue weighted by Gasteiger charge is 2.15. The Balaban J connectivity index is 2.15. The van der Waals surface area contributed by atoms with Crippen LogP contribution in [0.3, 0.4) is 0 Å². The van der Waals surface area contributed by atoms with E-state index in [2.05, 4.69) is 34.8 Å². The summed E-state index contributed by atoms with van der Waals surface area (Å²) >= 11 is 0. The van der Waals surface area contributed by atoms with Gasteiger partial charge in [-0.15, -0.1) is 0 Å². The first-order valence-electron chi connectivity index (χ1n) is 9.39. The highest BCUT2D eigenvalue weighted by Crippen LogP contribution is 2.27. The number of aliphatic imine (C=N–C) groups is 1. The number of rotatable bonds is 9. The maximum Gasteiger partial charge on any atom is 0.221 e. The molecule has 0 radical (unpaired) electrons. The quantitative estimate of drug-likeness (QED) is 0.451. The Hall–Kier alpha value is -1.26. The summed E-state index contributed by atoms with van der Waals surface area (Å²) in [7, 11) is 1.78. The van der Waals surface area contributed by atoms with E-state index in [-0.39, 0.29) is 5.91 Å². The third-order valence-corrected chi connectivity index (χ3v) is 4.56. The maximum absolute atomic E-state index is 11.6. The van der Waals surface area contributed by atoms with E-state index in [1.165, 1.54) is 44.9 Å². The molecule has 1 atom stereocenters. The lowest BCUT2D eigenvalue weighted by molar-refractivity contribution is -0.120. The van der Waals surface area contributed by atoms with Gasteiger partial charge in [0.1, 0.15) is 0 Å². The summed E-state index contributed by atoms with van der Waals surface area (Å²) in [5.74, 6) is 1.81. The third kappa shape index (κ3) is 9.47. The molecule has 23 heavy (non-hydrogen) atoms. The van der Waals surface area contributed by atoms with Gasteiger partial charge in [-0.25, -0.2) is 0 Å². The minimum Gasteiger partial charge on any atom is -0.356 e. The molecule has 0 aromatic rings. The Bertz CT molecular complexity index is 351. The standard InChI is InChI=1S/C18H36N4O/c1-4-13-20-17(23)12-14-21-18(19-3)22-15(2)10-11-16-8-6-5-7-9-16/h15-16H,4-14H2,1-3H3,(H,20,23)(H2,19,21,22). The van der Waals surface area contributed by atoms with Crippen LogP contribution in [0.25, 0.3) is 0 Å². The number of amides is 1. The normalized spacial score (nSPS) is 17.6. The van der Waals surface area contributed by atoms with E-state index in [1.54, 1.807) is 7.05 Å². The largest absolute Gasteiger partial charge is 0.356 e. The molecule has 0 bridgehead atoms. The summed E-state index contributed by atoms with van der Waals surface area (Å²) in [6.45, 7) is 5.64. The molecule has 1 fully saturated rings. The van der Waals surface area contributed by atoms with Crippen LogP contribution >= 0.6 is 0 Å². The lowest BCUT2D eigenvalue weighted by Crippen LogP contribution is -2.43. The molecule has 0 saturated heterocycles. The van der Waals surface area contributed by atoms with Crippen molar-refractivity contribution in [3.8, 4) is 0 Å². The van der Waals surface area contributed by atoms with E-state index in [4.69, 9.17) is 0 Å². The fraction of sp³-hybridized carbons (Fsp3) is 0.889. The van der Waals surface area contributed by atoms with Gasteiger partial charge < -0.3 is 16.0 Å². The van der Waals surface area contributed by atoms with Crippen molar-refractivity contribution in [1.82, 2.24) is 16.0 Å². The zero-order chi connectivity index (χ0) is 16.9. The SMILES string of the molecule is CCCNC(=O)CCNC(=NC)NC(C)CCC1CCCCC1. The van der Waals surface area contributed by atoms with Crippen LogP contribution in [-0.2, 0) is 4.79 Å². The van der Waals surface area contributed by atoms with E-state index < -0.39 is 0 Å². The second kappa shape index (κ2) is 12.2. The summed E-state index contributed by atoms with van der Waals surface area (Å²) in [4.78, 5) is 15.8. The molecule has 1 aliphatic rings. The predicted molar refractivity (Wildman–Crippen MR) is 97.7 cm³/mol. The van der Waals surface area contributed by atoms with Crippen LogP contribution in [0.1, 0.15) is 71.6 Å². The summed E-state index contributed by atoms with van der Waals surface area (Å²) in [5, 5.41) is 9.54. The monoisotopic (exact) mass is 324 g/mol. The zero-order valence-electron chi connectivity index (χ0n) is 15.3. The van der Waals surface area contributed by atoms with Crippen molar-refractivity contribution < 1.29 is 4.79 Å². The molecule has 0 aliphatic heterocycles. The summed E-state index contributed by atoms with van der Waals surface area (Å²) < 4.78 is 0. The second-order valence-electron chi connectivity index (χ2n) is 6.73. The van der Waals surface area contributed by atoms with Crippen molar-refractivity contribution in [3.63, 3.8) is 0 Å².